The van der Waals surface area contributed by atoms with E-state index in [1.54, 1.807) is 26.8 Å². The average Bonchev–Trinajstić information content (AvgIpc) is 2.21. The molecular weight excluding hydrogens is 234 g/mol. The van der Waals surface area contributed by atoms with Crippen molar-refractivity contribution in [2.45, 2.75) is 32.7 Å². The van der Waals surface area contributed by atoms with Gasteiger partial charge in [-0.3, -0.25) is 4.79 Å². The molecule has 100 valence electrons. The van der Waals surface area contributed by atoms with Gasteiger partial charge < -0.3 is 21.1 Å². The number of aliphatic carboxylic acids is 1. The van der Waals surface area contributed by atoms with Crippen molar-refractivity contribution in [3.05, 3.63) is 23.8 Å². The highest BCUT2D eigenvalue weighted by atomic mass is 16.4. The predicted octanol–water partition coefficient (Wildman–Crippen LogP) is 1.47. The Morgan fingerprint density at radius 2 is 1.78 bits per heavy atom. The van der Waals surface area contributed by atoms with Crippen LogP contribution in [0, 0.1) is 5.41 Å². The Bertz CT molecular complexity index is 465. The molecule has 5 N–H and O–H groups in total. The zero-order valence-electron chi connectivity index (χ0n) is 10.8. The highest BCUT2D eigenvalue weighted by molar-refractivity contribution is 5.80. The molecule has 0 heterocycles. The van der Waals surface area contributed by atoms with Gasteiger partial charge in [-0.2, -0.15) is 0 Å². The van der Waals surface area contributed by atoms with Crippen molar-refractivity contribution in [2.24, 2.45) is 11.1 Å². The quantitative estimate of drug-likeness (QED) is 0.611. The van der Waals surface area contributed by atoms with Gasteiger partial charge in [0.15, 0.2) is 11.5 Å². The van der Waals surface area contributed by atoms with Gasteiger partial charge in [0.1, 0.15) is 5.54 Å². The third kappa shape index (κ3) is 2.56. The van der Waals surface area contributed by atoms with E-state index in [4.69, 9.17) is 5.73 Å². The number of phenols is 2. The van der Waals surface area contributed by atoms with Gasteiger partial charge in [-0.25, -0.2) is 0 Å². The van der Waals surface area contributed by atoms with E-state index in [9.17, 15) is 20.1 Å². The van der Waals surface area contributed by atoms with Crippen molar-refractivity contribution >= 4 is 5.97 Å². The fourth-order valence-corrected chi connectivity index (χ4v) is 1.66. The Morgan fingerprint density at radius 1 is 1.22 bits per heavy atom. The van der Waals surface area contributed by atoms with Crippen molar-refractivity contribution in [1.29, 1.82) is 0 Å². The molecule has 1 aromatic rings. The first-order valence-electron chi connectivity index (χ1n) is 5.61. The second kappa shape index (κ2) is 4.49. The molecule has 1 atom stereocenters. The number of carbonyl (C=O) groups is 1. The number of benzene rings is 1. The number of aromatic hydroxyl groups is 2. The van der Waals surface area contributed by atoms with Gasteiger partial charge in [-0.05, 0) is 23.1 Å². The smallest absolute Gasteiger partial charge is 0.324 e. The average molecular weight is 253 g/mol. The summed E-state index contributed by atoms with van der Waals surface area (Å²) in [5.41, 5.74) is 4.46. The van der Waals surface area contributed by atoms with Crippen LogP contribution in [0.4, 0.5) is 0 Å². The molecule has 5 nitrogen and oxygen atoms in total. The molecule has 1 aromatic carbocycles. The van der Waals surface area contributed by atoms with E-state index in [0.29, 0.717) is 5.56 Å². The molecule has 0 amide bonds. The third-order valence-electron chi connectivity index (χ3n) is 3.24. The van der Waals surface area contributed by atoms with E-state index >= 15 is 0 Å². The zero-order chi connectivity index (χ0) is 14.1. The topological polar surface area (TPSA) is 104 Å². The maximum absolute atomic E-state index is 11.4. The predicted molar refractivity (Wildman–Crippen MR) is 67.5 cm³/mol. The number of hydrogen-bond donors (Lipinski definition) is 4. The minimum Gasteiger partial charge on any atom is -0.504 e. The van der Waals surface area contributed by atoms with Crippen LogP contribution in [-0.4, -0.2) is 26.8 Å². The Balaban J connectivity index is 3.12. The second-order valence-electron chi connectivity index (χ2n) is 5.53. The lowest BCUT2D eigenvalue weighted by atomic mass is 9.71. The summed E-state index contributed by atoms with van der Waals surface area (Å²) in [7, 11) is 0. The molecular formula is C13H19NO4. The van der Waals surface area contributed by atoms with Gasteiger partial charge in [-0.15, -0.1) is 0 Å². The molecule has 1 rings (SSSR count). The fourth-order valence-electron chi connectivity index (χ4n) is 1.66. The fraction of sp³-hybridized carbons (Fsp3) is 0.462. The van der Waals surface area contributed by atoms with Crippen LogP contribution in [0.3, 0.4) is 0 Å². The molecule has 0 aliphatic rings. The van der Waals surface area contributed by atoms with Crippen LogP contribution in [0.5, 0.6) is 11.5 Å². The molecule has 0 bridgehead atoms. The lowest BCUT2D eigenvalue weighted by molar-refractivity contribution is -0.147. The van der Waals surface area contributed by atoms with Gasteiger partial charge in [0.05, 0.1) is 0 Å². The lowest BCUT2D eigenvalue weighted by Crippen LogP contribution is -2.59. The van der Waals surface area contributed by atoms with Crippen LogP contribution in [0.2, 0.25) is 0 Å². The summed E-state index contributed by atoms with van der Waals surface area (Å²) in [6, 6.07) is 4.19. The largest absolute Gasteiger partial charge is 0.504 e. The van der Waals surface area contributed by atoms with Crippen molar-refractivity contribution in [3.63, 3.8) is 0 Å². The van der Waals surface area contributed by atoms with Crippen LogP contribution < -0.4 is 5.73 Å². The summed E-state index contributed by atoms with van der Waals surface area (Å²) in [6.07, 6.45) is 0.0691. The molecule has 0 aromatic heterocycles. The highest BCUT2D eigenvalue weighted by Crippen LogP contribution is 2.33. The van der Waals surface area contributed by atoms with Gasteiger partial charge in [0.2, 0.25) is 0 Å². The summed E-state index contributed by atoms with van der Waals surface area (Å²) in [6.45, 7) is 5.25. The van der Waals surface area contributed by atoms with Gasteiger partial charge in [0.25, 0.3) is 0 Å². The first-order chi connectivity index (χ1) is 8.08. The number of nitrogens with two attached hydrogens (primary N) is 1. The summed E-state index contributed by atoms with van der Waals surface area (Å²) in [5.74, 6) is -1.62. The number of phenolic OH excluding ortho intramolecular Hbond substituents is 2. The third-order valence-corrected chi connectivity index (χ3v) is 3.24. The van der Waals surface area contributed by atoms with Gasteiger partial charge >= 0.3 is 5.97 Å². The van der Waals surface area contributed by atoms with Crippen molar-refractivity contribution in [2.75, 3.05) is 0 Å². The maximum Gasteiger partial charge on any atom is 0.324 e. The molecule has 0 saturated heterocycles. The maximum atomic E-state index is 11.4. The molecule has 18 heavy (non-hydrogen) atoms. The molecule has 0 aliphatic heterocycles. The number of carboxylic acid groups (broad SMARTS) is 1. The van der Waals surface area contributed by atoms with Crippen LogP contribution in [0.25, 0.3) is 0 Å². The number of rotatable bonds is 3. The molecule has 0 spiro atoms. The Hall–Kier alpha value is -1.75. The SMILES string of the molecule is CC(C)(C)[C@@](N)(Cc1ccc(O)c(O)c1)C(=O)O. The Labute approximate surface area is 106 Å². The summed E-state index contributed by atoms with van der Waals surface area (Å²) in [5, 5.41) is 27.9. The zero-order valence-corrected chi connectivity index (χ0v) is 10.8. The van der Waals surface area contributed by atoms with Crippen molar-refractivity contribution in [3.8, 4) is 11.5 Å². The van der Waals surface area contributed by atoms with E-state index < -0.39 is 16.9 Å². The second-order valence-corrected chi connectivity index (χ2v) is 5.53. The molecule has 0 aliphatic carbocycles. The van der Waals surface area contributed by atoms with Crippen LogP contribution in [-0.2, 0) is 11.2 Å². The molecule has 0 saturated carbocycles. The van der Waals surface area contributed by atoms with E-state index in [0.717, 1.165) is 0 Å². The first kappa shape index (κ1) is 14.3. The van der Waals surface area contributed by atoms with E-state index in [2.05, 4.69) is 0 Å². The van der Waals surface area contributed by atoms with Gasteiger partial charge in [0, 0.05) is 6.42 Å². The summed E-state index contributed by atoms with van der Waals surface area (Å²) >= 11 is 0. The van der Waals surface area contributed by atoms with Crippen LogP contribution in [0.15, 0.2) is 18.2 Å². The lowest BCUT2D eigenvalue weighted by Gasteiger charge is -2.37. The standard InChI is InChI=1S/C13H19NO4/c1-12(2,3)13(14,11(17)18)7-8-4-5-9(15)10(16)6-8/h4-6,15-16H,7,14H2,1-3H3,(H,17,18)/t13-/m1/s1. The minimum absolute atomic E-state index is 0.0691. The minimum atomic E-state index is -1.45. The molecule has 0 unspecified atom stereocenters. The van der Waals surface area contributed by atoms with Crippen molar-refractivity contribution < 1.29 is 20.1 Å². The first-order valence-corrected chi connectivity index (χ1v) is 5.61. The normalized spacial score (nSPS) is 15.1. The van der Waals surface area contributed by atoms with Crippen molar-refractivity contribution in [1.82, 2.24) is 0 Å². The van der Waals surface area contributed by atoms with E-state index in [1.807, 2.05) is 0 Å². The Morgan fingerprint density at radius 3 is 2.17 bits per heavy atom. The number of hydrogen-bond acceptors (Lipinski definition) is 4. The molecule has 0 fully saturated rings. The van der Waals surface area contributed by atoms with Crippen LogP contribution in [0.1, 0.15) is 26.3 Å². The van der Waals surface area contributed by atoms with E-state index in [1.165, 1.54) is 12.1 Å². The molecule has 5 heteroatoms. The molecule has 0 radical (unpaired) electrons. The van der Waals surface area contributed by atoms with Crippen LogP contribution >= 0.6 is 0 Å². The monoisotopic (exact) mass is 253 g/mol. The highest BCUT2D eigenvalue weighted by Gasteiger charge is 2.45. The Kier molecular flexibility index (Phi) is 3.57. The summed E-state index contributed by atoms with van der Waals surface area (Å²) < 4.78 is 0. The van der Waals surface area contributed by atoms with E-state index in [-0.39, 0.29) is 17.9 Å². The van der Waals surface area contributed by atoms with Gasteiger partial charge in [-0.1, -0.05) is 26.8 Å². The summed E-state index contributed by atoms with van der Waals surface area (Å²) in [4.78, 5) is 11.4. The number of carboxylic acids is 1.